The Kier molecular flexibility index (Phi) is 37.0. The van der Waals surface area contributed by atoms with Crippen molar-refractivity contribution in [2.75, 3.05) is 0 Å². The van der Waals surface area contributed by atoms with Gasteiger partial charge in [0.15, 0.2) is 0 Å². The Morgan fingerprint density at radius 2 is 0.342 bits per heavy atom. The molecule has 0 aromatic carbocycles. The van der Waals surface area contributed by atoms with Crippen molar-refractivity contribution in [2.24, 2.45) is 0 Å². The summed E-state index contributed by atoms with van der Waals surface area (Å²) in [7, 11) is 0. The van der Waals surface area contributed by atoms with Crippen LogP contribution in [0.1, 0.15) is 238 Å². The molecule has 0 bridgehead atoms. The normalized spacial score (nSPS) is 11.5. The molecule has 0 saturated carbocycles. The zero-order valence-corrected chi connectivity index (χ0v) is 27.2. The third kappa shape index (κ3) is 36.0. The topological polar surface area (TPSA) is 0 Å². The molecule has 0 heteroatoms. The molecule has 0 saturated heterocycles. The number of unbranched alkanes of at least 4 members (excludes halogenated alkanes) is 35. The van der Waals surface area contributed by atoms with Crippen molar-refractivity contribution >= 4 is 0 Å². The van der Waals surface area contributed by atoms with E-state index in [0.29, 0.717) is 0 Å². The van der Waals surface area contributed by atoms with Crippen LogP contribution in [0.4, 0.5) is 0 Å². The second kappa shape index (κ2) is 37.0. The summed E-state index contributed by atoms with van der Waals surface area (Å²) in [5.74, 6) is 0. The third-order valence-corrected chi connectivity index (χ3v) is 8.85. The molecule has 0 spiro atoms. The Hall–Kier alpha value is 0. The summed E-state index contributed by atoms with van der Waals surface area (Å²) >= 11 is 0. The molecule has 1 radical (unpaired) electrons. The van der Waals surface area contributed by atoms with Gasteiger partial charge in [0.25, 0.3) is 0 Å². The summed E-state index contributed by atoms with van der Waals surface area (Å²) in [6.07, 6.45) is 52.8. The summed E-state index contributed by atoms with van der Waals surface area (Å²) in [5, 5.41) is 0. The highest BCUT2D eigenvalue weighted by atomic mass is 14.0. The highest BCUT2D eigenvalue weighted by Gasteiger charge is 1.97. The fourth-order valence-electron chi connectivity index (χ4n) is 6.08. The van der Waals surface area contributed by atoms with Crippen molar-refractivity contribution in [3.63, 3.8) is 0 Å². The molecule has 0 heterocycles. The van der Waals surface area contributed by atoms with Gasteiger partial charge >= 0.3 is 0 Å². The van der Waals surface area contributed by atoms with Gasteiger partial charge in [-0.25, -0.2) is 0 Å². The lowest BCUT2D eigenvalue weighted by Crippen LogP contribution is -1.85. The molecule has 0 aromatic heterocycles. The minimum atomic E-state index is 1.12. The van der Waals surface area contributed by atoms with Gasteiger partial charge in [0.1, 0.15) is 0 Å². The molecule has 0 N–H and O–H groups in total. The van der Waals surface area contributed by atoms with Crippen molar-refractivity contribution in [1.29, 1.82) is 0 Å². The van der Waals surface area contributed by atoms with Gasteiger partial charge in [0, 0.05) is 0 Å². The molecule has 38 heavy (non-hydrogen) atoms. The van der Waals surface area contributed by atoms with E-state index in [0.717, 1.165) is 6.42 Å². The molecular weight excluding hydrogens is 456 g/mol. The molecule has 0 rings (SSSR count). The monoisotopic (exact) mass is 534 g/mol. The van der Waals surface area contributed by atoms with E-state index in [9.17, 15) is 0 Å². The van der Waals surface area contributed by atoms with E-state index >= 15 is 0 Å². The quantitative estimate of drug-likeness (QED) is 0.0710. The average molecular weight is 534 g/mol. The molecule has 229 valence electrons. The highest BCUT2D eigenvalue weighted by Crippen LogP contribution is 2.17. The standard InChI is InChI=1S/C38H77/c1-3-5-7-9-11-13-15-17-19-21-23-25-27-29-31-33-35-37-38-36-34-32-30-28-26-24-22-20-18-16-14-12-10-8-6-4-2/h1,3-38H2,2H3. The average Bonchev–Trinajstić information content (AvgIpc) is 2.93. The van der Waals surface area contributed by atoms with E-state index in [1.54, 1.807) is 0 Å². The maximum absolute atomic E-state index is 3.93. The van der Waals surface area contributed by atoms with Gasteiger partial charge in [0.2, 0.25) is 0 Å². The van der Waals surface area contributed by atoms with Gasteiger partial charge in [-0.15, -0.1) is 0 Å². The molecule has 0 unspecified atom stereocenters. The van der Waals surface area contributed by atoms with E-state index in [4.69, 9.17) is 0 Å². The molecule has 0 fully saturated rings. The Morgan fingerprint density at radius 1 is 0.211 bits per heavy atom. The van der Waals surface area contributed by atoms with Gasteiger partial charge in [-0.1, -0.05) is 245 Å². The highest BCUT2D eigenvalue weighted by molar-refractivity contribution is 4.53. The van der Waals surface area contributed by atoms with E-state index in [1.807, 2.05) is 0 Å². The molecule has 0 aliphatic carbocycles. The van der Waals surface area contributed by atoms with Crippen LogP contribution in [0.3, 0.4) is 0 Å². The first-order valence-electron chi connectivity index (χ1n) is 18.7. The fraction of sp³-hybridized carbons (Fsp3) is 0.974. The van der Waals surface area contributed by atoms with Crippen LogP contribution in [-0.2, 0) is 0 Å². The SMILES string of the molecule is [CH2]CCCCCCCCCCCCCCCCCCCCCCCCCCCCCCCCCCCCC. The molecule has 0 aliphatic rings. The number of rotatable bonds is 35. The predicted octanol–water partition coefficient (Wildman–Crippen LogP) is 14.9. The largest absolute Gasteiger partial charge is 0.0654 e. The van der Waals surface area contributed by atoms with Crippen LogP contribution < -0.4 is 0 Å². The molecular formula is C38H77. The maximum Gasteiger partial charge on any atom is -0.0533 e. The minimum absolute atomic E-state index is 1.12. The lowest BCUT2D eigenvalue weighted by molar-refractivity contribution is 0.511. The van der Waals surface area contributed by atoms with E-state index in [-0.39, 0.29) is 0 Å². The van der Waals surface area contributed by atoms with Crippen molar-refractivity contribution in [1.82, 2.24) is 0 Å². The smallest absolute Gasteiger partial charge is 0.0533 e. The lowest BCUT2D eigenvalue weighted by atomic mass is 10.0. The summed E-state index contributed by atoms with van der Waals surface area (Å²) in [4.78, 5) is 0. The van der Waals surface area contributed by atoms with Crippen LogP contribution in [0.2, 0.25) is 0 Å². The van der Waals surface area contributed by atoms with E-state index < -0.39 is 0 Å². The molecule has 0 aromatic rings. The molecule has 0 aliphatic heterocycles. The fourth-order valence-corrected chi connectivity index (χ4v) is 6.08. The van der Waals surface area contributed by atoms with Crippen LogP contribution in [0, 0.1) is 6.92 Å². The lowest BCUT2D eigenvalue weighted by Gasteiger charge is -2.05. The molecule has 0 nitrogen and oxygen atoms in total. The Labute approximate surface area is 244 Å². The van der Waals surface area contributed by atoms with E-state index in [1.165, 1.54) is 225 Å². The number of hydrogen-bond donors (Lipinski definition) is 0. The van der Waals surface area contributed by atoms with Crippen molar-refractivity contribution < 1.29 is 0 Å². The summed E-state index contributed by atoms with van der Waals surface area (Å²) in [6, 6.07) is 0. The number of hydrogen-bond acceptors (Lipinski definition) is 0. The second-order valence-corrected chi connectivity index (χ2v) is 12.9. The van der Waals surface area contributed by atoms with Crippen LogP contribution in [0.25, 0.3) is 0 Å². The Bertz CT molecular complexity index is 336. The van der Waals surface area contributed by atoms with Gasteiger partial charge < -0.3 is 0 Å². The Balaban J connectivity index is 3.01. The van der Waals surface area contributed by atoms with Gasteiger partial charge in [-0.2, -0.15) is 0 Å². The Morgan fingerprint density at radius 3 is 0.474 bits per heavy atom. The van der Waals surface area contributed by atoms with Gasteiger partial charge in [0.05, 0.1) is 0 Å². The predicted molar refractivity (Wildman–Crippen MR) is 177 cm³/mol. The zero-order chi connectivity index (χ0) is 27.5. The summed E-state index contributed by atoms with van der Waals surface area (Å²) in [5.41, 5.74) is 0. The first-order chi connectivity index (χ1) is 18.9. The second-order valence-electron chi connectivity index (χ2n) is 12.9. The van der Waals surface area contributed by atoms with Gasteiger partial charge in [-0.3, -0.25) is 0 Å². The van der Waals surface area contributed by atoms with Crippen LogP contribution >= 0.6 is 0 Å². The van der Waals surface area contributed by atoms with Crippen LogP contribution in [0.15, 0.2) is 0 Å². The molecule has 0 amide bonds. The first-order valence-corrected chi connectivity index (χ1v) is 18.7. The van der Waals surface area contributed by atoms with Crippen molar-refractivity contribution in [2.45, 2.75) is 238 Å². The summed E-state index contributed by atoms with van der Waals surface area (Å²) < 4.78 is 0. The van der Waals surface area contributed by atoms with E-state index in [2.05, 4.69) is 13.8 Å². The van der Waals surface area contributed by atoms with Gasteiger partial charge in [-0.05, 0) is 0 Å². The maximum atomic E-state index is 3.93. The zero-order valence-electron chi connectivity index (χ0n) is 27.2. The van der Waals surface area contributed by atoms with Crippen LogP contribution in [0.5, 0.6) is 0 Å². The van der Waals surface area contributed by atoms with Crippen LogP contribution in [-0.4, -0.2) is 0 Å². The first kappa shape index (κ1) is 38.0. The van der Waals surface area contributed by atoms with Crippen molar-refractivity contribution in [3.05, 3.63) is 6.92 Å². The molecule has 0 atom stereocenters. The van der Waals surface area contributed by atoms with Crippen molar-refractivity contribution in [3.8, 4) is 0 Å². The minimum Gasteiger partial charge on any atom is -0.0654 e. The third-order valence-electron chi connectivity index (χ3n) is 8.85. The summed E-state index contributed by atoms with van der Waals surface area (Å²) in [6.45, 7) is 6.24.